The van der Waals surface area contributed by atoms with Gasteiger partial charge in [0.25, 0.3) is 0 Å². The van der Waals surface area contributed by atoms with Crippen LogP contribution in [-0.4, -0.2) is 15.8 Å². The molecule has 0 saturated carbocycles. The van der Waals surface area contributed by atoms with Gasteiger partial charge in [-0.3, -0.25) is 4.79 Å². The summed E-state index contributed by atoms with van der Waals surface area (Å²) in [4.78, 5) is 19.0. The van der Waals surface area contributed by atoms with E-state index in [-0.39, 0.29) is 22.5 Å². The molecule has 16 heavy (non-hydrogen) atoms. The molecule has 0 spiro atoms. The van der Waals surface area contributed by atoms with E-state index in [1.54, 1.807) is 6.92 Å². The van der Waals surface area contributed by atoms with Crippen LogP contribution in [0.25, 0.3) is 11.0 Å². The van der Waals surface area contributed by atoms with Crippen LogP contribution in [0, 0.1) is 11.6 Å². The van der Waals surface area contributed by atoms with Gasteiger partial charge < -0.3 is 0 Å². The van der Waals surface area contributed by atoms with Crippen LogP contribution in [0.2, 0.25) is 0 Å². The second-order valence-electron chi connectivity index (χ2n) is 3.26. The minimum absolute atomic E-state index is 0.160. The number of carbonyl (C=O) groups is 1. The van der Waals surface area contributed by atoms with Gasteiger partial charge >= 0.3 is 0 Å². The third kappa shape index (κ3) is 1.64. The first-order valence-corrected chi connectivity index (χ1v) is 4.77. The molecule has 0 aliphatic rings. The first kappa shape index (κ1) is 10.6. The number of ketones is 1. The first-order valence-electron chi connectivity index (χ1n) is 4.77. The lowest BCUT2D eigenvalue weighted by molar-refractivity contribution is 0.0983. The molecule has 0 fully saturated rings. The van der Waals surface area contributed by atoms with Gasteiger partial charge in [-0.25, -0.2) is 18.7 Å². The van der Waals surface area contributed by atoms with E-state index in [9.17, 15) is 13.6 Å². The minimum Gasteiger partial charge on any atom is -0.292 e. The van der Waals surface area contributed by atoms with Crippen molar-refractivity contribution in [2.24, 2.45) is 0 Å². The van der Waals surface area contributed by atoms with Gasteiger partial charge in [-0.2, -0.15) is 0 Å². The molecule has 0 aliphatic heterocycles. The normalized spacial score (nSPS) is 10.7. The molecular weight excluding hydrogens is 214 g/mol. The van der Waals surface area contributed by atoms with Crippen LogP contribution >= 0.6 is 0 Å². The van der Waals surface area contributed by atoms with Crippen molar-refractivity contribution >= 4 is 16.8 Å². The zero-order chi connectivity index (χ0) is 11.7. The van der Waals surface area contributed by atoms with Crippen molar-refractivity contribution in [2.75, 3.05) is 0 Å². The molecule has 0 unspecified atom stereocenters. The SMILES string of the molecule is CCC(=O)c1cnc2c(F)c(F)ccc2n1. The summed E-state index contributed by atoms with van der Waals surface area (Å²) in [6.45, 7) is 1.69. The van der Waals surface area contributed by atoms with Crippen molar-refractivity contribution in [1.29, 1.82) is 0 Å². The molecule has 0 N–H and O–H groups in total. The number of hydrogen-bond acceptors (Lipinski definition) is 3. The van der Waals surface area contributed by atoms with Gasteiger partial charge in [0, 0.05) is 6.42 Å². The molecule has 1 heterocycles. The van der Waals surface area contributed by atoms with Crippen molar-refractivity contribution < 1.29 is 13.6 Å². The molecule has 0 bridgehead atoms. The Labute approximate surface area is 90.1 Å². The molecule has 82 valence electrons. The summed E-state index contributed by atoms with van der Waals surface area (Å²) in [7, 11) is 0. The van der Waals surface area contributed by atoms with Crippen LogP contribution in [0.15, 0.2) is 18.3 Å². The van der Waals surface area contributed by atoms with Crippen LogP contribution in [0.1, 0.15) is 23.8 Å². The smallest absolute Gasteiger partial charge is 0.186 e. The summed E-state index contributed by atoms with van der Waals surface area (Å²) in [5.74, 6) is -2.20. The Morgan fingerprint density at radius 1 is 1.38 bits per heavy atom. The van der Waals surface area contributed by atoms with Gasteiger partial charge in [0.15, 0.2) is 17.4 Å². The van der Waals surface area contributed by atoms with Crippen molar-refractivity contribution in [3.05, 3.63) is 35.7 Å². The highest BCUT2D eigenvalue weighted by Crippen LogP contribution is 2.16. The third-order valence-electron chi connectivity index (χ3n) is 2.21. The molecule has 0 aliphatic carbocycles. The summed E-state index contributed by atoms with van der Waals surface area (Å²) in [6.07, 6.45) is 1.46. The summed E-state index contributed by atoms with van der Waals surface area (Å²) in [6, 6.07) is 2.26. The zero-order valence-electron chi connectivity index (χ0n) is 8.50. The average Bonchev–Trinajstić information content (AvgIpc) is 2.32. The van der Waals surface area contributed by atoms with E-state index < -0.39 is 11.6 Å². The van der Waals surface area contributed by atoms with Crippen LogP contribution in [0.4, 0.5) is 8.78 Å². The summed E-state index contributed by atoms with van der Waals surface area (Å²) >= 11 is 0. The monoisotopic (exact) mass is 222 g/mol. The fraction of sp³-hybridized carbons (Fsp3) is 0.182. The van der Waals surface area contributed by atoms with Crippen molar-refractivity contribution in [2.45, 2.75) is 13.3 Å². The molecule has 3 nitrogen and oxygen atoms in total. The van der Waals surface area contributed by atoms with E-state index in [4.69, 9.17) is 0 Å². The van der Waals surface area contributed by atoms with Crippen LogP contribution in [0.5, 0.6) is 0 Å². The molecule has 2 rings (SSSR count). The first-order chi connectivity index (χ1) is 7.63. The molecule has 1 aromatic carbocycles. The summed E-state index contributed by atoms with van der Waals surface area (Å²) in [5.41, 5.74) is 0.187. The number of carbonyl (C=O) groups excluding carboxylic acids is 1. The molecule has 0 atom stereocenters. The van der Waals surface area contributed by atoms with Crippen molar-refractivity contribution in [3.63, 3.8) is 0 Å². The topological polar surface area (TPSA) is 42.9 Å². The van der Waals surface area contributed by atoms with Gasteiger partial charge in [-0.1, -0.05) is 6.92 Å². The summed E-state index contributed by atoms with van der Waals surface area (Å²) in [5, 5.41) is 0. The van der Waals surface area contributed by atoms with Gasteiger partial charge in [0.2, 0.25) is 0 Å². The number of nitrogens with zero attached hydrogens (tertiary/aromatic N) is 2. The molecule has 5 heteroatoms. The van der Waals surface area contributed by atoms with Gasteiger partial charge in [-0.05, 0) is 12.1 Å². The number of Topliss-reactive ketones (excluding diaryl/α,β-unsaturated/α-hetero) is 1. The number of hydrogen-bond donors (Lipinski definition) is 0. The van der Waals surface area contributed by atoms with Crippen LogP contribution in [0.3, 0.4) is 0 Å². The highest BCUT2D eigenvalue weighted by Gasteiger charge is 2.12. The maximum absolute atomic E-state index is 13.3. The predicted molar refractivity (Wildman–Crippen MR) is 54.1 cm³/mol. The lowest BCUT2D eigenvalue weighted by Crippen LogP contribution is -2.02. The Kier molecular flexibility index (Phi) is 2.60. The van der Waals surface area contributed by atoms with E-state index in [0.29, 0.717) is 6.42 Å². The highest BCUT2D eigenvalue weighted by molar-refractivity contribution is 5.95. The fourth-order valence-corrected chi connectivity index (χ4v) is 1.34. The zero-order valence-corrected chi connectivity index (χ0v) is 8.50. The number of benzene rings is 1. The second-order valence-corrected chi connectivity index (χ2v) is 3.26. The molecule has 0 amide bonds. The van der Waals surface area contributed by atoms with Gasteiger partial charge in [0.05, 0.1) is 11.7 Å². The van der Waals surface area contributed by atoms with Gasteiger partial charge in [-0.15, -0.1) is 0 Å². The summed E-state index contributed by atoms with van der Waals surface area (Å²) < 4.78 is 26.1. The Balaban J connectivity index is 2.65. The van der Waals surface area contributed by atoms with E-state index in [1.807, 2.05) is 0 Å². The van der Waals surface area contributed by atoms with E-state index in [2.05, 4.69) is 9.97 Å². The third-order valence-corrected chi connectivity index (χ3v) is 2.21. The van der Waals surface area contributed by atoms with Crippen LogP contribution in [-0.2, 0) is 0 Å². The largest absolute Gasteiger partial charge is 0.292 e. The highest BCUT2D eigenvalue weighted by atomic mass is 19.2. The maximum Gasteiger partial charge on any atom is 0.186 e. The molecule has 0 saturated heterocycles. The van der Waals surface area contributed by atoms with E-state index in [1.165, 1.54) is 6.07 Å². The quantitative estimate of drug-likeness (QED) is 0.733. The minimum atomic E-state index is -1.04. The van der Waals surface area contributed by atoms with E-state index in [0.717, 1.165) is 12.3 Å². The van der Waals surface area contributed by atoms with Gasteiger partial charge in [0.1, 0.15) is 11.2 Å². The Bertz CT molecular complexity index is 569. The van der Waals surface area contributed by atoms with E-state index >= 15 is 0 Å². The number of rotatable bonds is 2. The number of halogens is 2. The van der Waals surface area contributed by atoms with Crippen molar-refractivity contribution in [3.8, 4) is 0 Å². The number of fused-ring (bicyclic) bond motifs is 1. The Morgan fingerprint density at radius 3 is 2.81 bits per heavy atom. The maximum atomic E-state index is 13.3. The average molecular weight is 222 g/mol. The lowest BCUT2D eigenvalue weighted by atomic mass is 10.2. The van der Waals surface area contributed by atoms with Crippen LogP contribution < -0.4 is 0 Å². The molecular formula is C11H8F2N2O. The standard InChI is InChI=1S/C11H8F2N2O/c1-2-9(16)8-5-14-11-7(15-8)4-3-6(12)10(11)13/h3-5H,2H2,1H3. The molecule has 0 radical (unpaired) electrons. The van der Waals surface area contributed by atoms with Crippen molar-refractivity contribution in [1.82, 2.24) is 9.97 Å². The molecule has 2 aromatic rings. The fourth-order valence-electron chi connectivity index (χ4n) is 1.34. The lowest BCUT2D eigenvalue weighted by Gasteiger charge is -2.01. The Morgan fingerprint density at radius 2 is 2.12 bits per heavy atom. The Hall–Kier alpha value is -1.91. The predicted octanol–water partition coefficient (Wildman–Crippen LogP) is 2.50. The molecule has 1 aromatic heterocycles. The number of aromatic nitrogens is 2. The second kappa shape index (κ2) is 3.92.